The maximum atomic E-state index is 12.2. The zero-order valence-electron chi connectivity index (χ0n) is 10.0. The molecule has 0 aliphatic rings. The molecule has 3 nitrogen and oxygen atoms in total. The topological polar surface area (TPSA) is 46.2 Å². The van der Waals surface area contributed by atoms with E-state index in [9.17, 15) is 8.42 Å². The summed E-state index contributed by atoms with van der Waals surface area (Å²) in [6.45, 7) is 3.64. The van der Waals surface area contributed by atoms with E-state index in [1.54, 1.807) is 6.92 Å². The first-order valence-corrected chi connectivity index (χ1v) is 8.48. The Morgan fingerprint density at radius 3 is 2.50 bits per heavy atom. The van der Waals surface area contributed by atoms with Gasteiger partial charge in [-0.15, -0.1) is 11.6 Å². The van der Waals surface area contributed by atoms with E-state index in [1.807, 2.05) is 6.92 Å². The number of sulfonamides is 1. The average molecular weight is 375 g/mol. The summed E-state index contributed by atoms with van der Waals surface area (Å²) in [4.78, 5) is 0.156. The van der Waals surface area contributed by atoms with Gasteiger partial charge in [0.1, 0.15) is 0 Å². The minimum Gasteiger partial charge on any atom is -0.207 e. The number of hydrogen-bond acceptors (Lipinski definition) is 2. The van der Waals surface area contributed by atoms with Gasteiger partial charge in [-0.3, -0.25) is 0 Å². The molecule has 1 aromatic carbocycles. The lowest BCUT2D eigenvalue weighted by atomic mass is 10.0. The first-order chi connectivity index (χ1) is 8.24. The van der Waals surface area contributed by atoms with Crippen LogP contribution in [0.3, 0.4) is 0 Å². The highest BCUT2D eigenvalue weighted by Crippen LogP contribution is 2.26. The predicted octanol–water partition coefficient (Wildman–Crippen LogP) is 3.79. The zero-order valence-corrected chi connectivity index (χ0v) is 13.9. The van der Waals surface area contributed by atoms with Gasteiger partial charge in [0.15, 0.2) is 0 Å². The maximum absolute atomic E-state index is 12.2. The van der Waals surface area contributed by atoms with Crippen LogP contribution in [0.2, 0.25) is 5.02 Å². The van der Waals surface area contributed by atoms with Gasteiger partial charge in [-0.25, -0.2) is 13.1 Å². The largest absolute Gasteiger partial charge is 0.241 e. The van der Waals surface area contributed by atoms with Gasteiger partial charge in [-0.1, -0.05) is 18.5 Å². The smallest absolute Gasteiger partial charge is 0.207 e. The molecule has 0 saturated heterocycles. The fourth-order valence-corrected chi connectivity index (χ4v) is 3.71. The van der Waals surface area contributed by atoms with E-state index in [0.717, 1.165) is 0 Å². The summed E-state index contributed by atoms with van der Waals surface area (Å²) >= 11 is 14.8. The molecule has 0 saturated carbocycles. The molecule has 18 heavy (non-hydrogen) atoms. The predicted molar refractivity (Wildman–Crippen MR) is 78.9 cm³/mol. The second kappa shape index (κ2) is 6.09. The summed E-state index contributed by atoms with van der Waals surface area (Å²) in [7, 11) is -3.60. The molecule has 1 aromatic rings. The Morgan fingerprint density at radius 1 is 1.44 bits per heavy atom. The summed E-state index contributed by atoms with van der Waals surface area (Å²) in [6.07, 6.45) is 0.602. The van der Waals surface area contributed by atoms with Crippen LogP contribution >= 0.6 is 39.1 Å². The van der Waals surface area contributed by atoms with Crippen molar-refractivity contribution < 1.29 is 8.42 Å². The monoisotopic (exact) mass is 373 g/mol. The number of benzene rings is 1. The number of halogens is 3. The van der Waals surface area contributed by atoms with Gasteiger partial charge in [0.05, 0.1) is 9.92 Å². The van der Waals surface area contributed by atoms with Gasteiger partial charge in [0.2, 0.25) is 10.0 Å². The van der Waals surface area contributed by atoms with Crippen LogP contribution in [0.25, 0.3) is 0 Å². The lowest BCUT2D eigenvalue weighted by Gasteiger charge is -2.26. The van der Waals surface area contributed by atoms with Crippen LogP contribution < -0.4 is 4.72 Å². The molecule has 0 aliphatic heterocycles. The SMILES string of the molecule is CCC(C)(CCl)NS(=O)(=O)c1ccc(Cl)c(Br)c1. The Kier molecular flexibility index (Phi) is 5.50. The third kappa shape index (κ3) is 3.84. The number of rotatable bonds is 5. The quantitative estimate of drug-likeness (QED) is 0.797. The van der Waals surface area contributed by atoms with E-state index >= 15 is 0 Å². The van der Waals surface area contributed by atoms with Crippen LogP contribution in [0, 0.1) is 0 Å². The molecule has 0 bridgehead atoms. The first kappa shape index (κ1) is 16.2. The van der Waals surface area contributed by atoms with E-state index in [2.05, 4.69) is 20.7 Å². The Hall–Kier alpha value is 0.190. The van der Waals surface area contributed by atoms with Crippen LogP contribution in [-0.4, -0.2) is 19.8 Å². The second-order valence-corrected chi connectivity index (χ2v) is 7.44. The Morgan fingerprint density at radius 2 is 2.06 bits per heavy atom. The fourth-order valence-electron chi connectivity index (χ4n) is 1.22. The molecule has 0 heterocycles. The number of nitrogens with one attached hydrogen (secondary N) is 1. The van der Waals surface area contributed by atoms with Crippen molar-refractivity contribution in [2.24, 2.45) is 0 Å². The second-order valence-electron chi connectivity index (χ2n) is 4.23. The molecular weight excluding hydrogens is 361 g/mol. The van der Waals surface area contributed by atoms with Crippen molar-refractivity contribution in [3.8, 4) is 0 Å². The highest BCUT2D eigenvalue weighted by atomic mass is 79.9. The summed E-state index contributed by atoms with van der Waals surface area (Å²) in [5.74, 6) is 0.206. The van der Waals surface area contributed by atoms with E-state index in [4.69, 9.17) is 23.2 Å². The summed E-state index contributed by atoms with van der Waals surface area (Å²) in [5, 5.41) is 0.463. The molecule has 0 aromatic heterocycles. The molecule has 1 N–H and O–H groups in total. The minimum absolute atomic E-state index is 0.156. The molecule has 102 valence electrons. The van der Waals surface area contributed by atoms with Crippen molar-refractivity contribution in [3.05, 3.63) is 27.7 Å². The fraction of sp³-hybridized carbons (Fsp3) is 0.455. The standard InChI is InChI=1S/C11H14BrCl2NO2S/c1-3-11(2,7-13)15-18(16,17)8-4-5-10(14)9(12)6-8/h4-6,15H,3,7H2,1-2H3. The lowest BCUT2D eigenvalue weighted by molar-refractivity contribution is 0.444. The van der Waals surface area contributed by atoms with Crippen LogP contribution in [0.4, 0.5) is 0 Å². The van der Waals surface area contributed by atoms with E-state index in [-0.39, 0.29) is 10.8 Å². The van der Waals surface area contributed by atoms with Crippen molar-refractivity contribution in [1.29, 1.82) is 0 Å². The number of alkyl halides is 1. The van der Waals surface area contributed by atoms with Crippen molar-refractivity contribution in [1.82, 2.24) is 4.72 Å². The maximum Gasteiger partial charge on any atom is 0.241 e. The van der Waals surface area contributed by atoms with Gasteiger partial charge in [0, 0.05) is 15.9 Å². The molecule has 1 atom stereocenters. The Labute approximate surface area is 126 Å². The van der Waals surface area contributed by atoms with Gasteiger partial charge in [-0.05, 0) is 47.5 Å². The van der Waals surface area contributed by atoms with Crippen LogP contribution in [0.5, 0.6) is 0 Å². The summed E-state index contributed by atoms with van der Waals surface area (Å²) in [5.41, 5.74) is -0.660. The van der Waals surface area contributed by atoms with E-state index in [1.165, 1.54) is 18.2 Å². The van der Waals surface area contributed by atoms with Crippen LogP contribution in [0.1, 0.15) is 20.3 Å². The average Bonchev–Trinajstić information content (AvgIpc) is 2.32. The Balaban J connectivity index is 3.10. The third-order valence-electron chi connectivity index (χ3n) is 2.66. The van der Waals surface area contributed by atoms with Gasteiger partial charge < -0.3 is 0 Å². The molecule has 1 unspecified atom stereocenters. The molecule has 7 heteroatoms. The van der Waals surface area contributed by atoms with E-state index < -0.39 is 15.6 Å². The third-order valence-corrected chi connectivity index (χ3v) is 6.10. The first-order valence-electron chi connectivity index (χ1n) is 5.29. The highest BCUT2D eigenvalue weighted by Gasteiger charge is 2.28. The molecule has 0 amide bonds. The van der Waals surface area contributed by atoms with E-state index in [0.29, 0.717) is 15.9 Å². The van der Waals surface area contributed by atoms with Crippen LogP contribution in [0.15, 0.2) is 27.6 Å². The van der Waals surface area contributed by atoms with Crippen LogP contribution in [-0.2, 0) is 10.0 Å². The molecule has 1 rings (SSSR count). The minimum atomic E-state index is -3.60. The van der Waals surface area contributed by atoms with Crippen molar-refractivity contribution in [2.75, 3.05) is 5.88 Å². The van der Waals surface area contributed by atoms with Gasteiger partial charge >= 0.3 is 0 Å². The van der Waals surface area contributed by atoms with Crippen molar-refractivity contribution in [2.45, 2.75) is 30.7 Å². The molecule has 0 spiro atoms. The van der Waals surface area contributed by atoms with Gasteiger partial charge in [0.25, 0.3) is 0 Å². The molecule has 0 aliphatic carbocycles. The normalized spacial score (nSPS) is 15.4. The van der Waals surface area contributed by atoms with Crippen molar-refractivity contribution >= 4 is 49.2 Å². The Bertz CT molecular complexity index is 530. The zero-order chi connectivity index (χ0) is 14.0. The molecule has 0 fully saturated rings. The summed E-state index contributed by atoms with van der Waals surface area (Å²) in [6, 6.07) is 4.46. The lowest BCUT2D eigenvalue weighted by Crippen LogP contribution is -2.46. The highest BCUT2D eigenvalue weighted by molar-refractivity contribution is 9.10. The number of hydrogen-bond donors (Lipinski definition) is 1. The molecule has 0 radical (unpaired) electrons. The van der Waals surface area contributed by atoms with Gasteiger partial charge in [-0.2, -0.15) is 0 Å². The molecular formula is C11H14BrCl2NO2S. The van der Waals surface area contributed by atoms with Crippen molar-refractivity contribution in [3.63, 3.8) is 0 Å². The summed E-state index contributed by atoms with van der Waals surface area (Å²) < 4.78 is 27.5.